The first-order valence-corrected chi connectivity index (χ1v) is 12.2. The van der Waals surface area contributed by atoms with E-state index in [4.69, 9.17) is 0 Å². The number of rotatable bonds is 6. The van der Waals surface area contributed by atoms with Gasteiger partial charge in [0, 0.05) is 37.7 Å². The summed E-state index contributed by atoms with van der Waals surface area (Å²) in [6.07, 6.45) is 5.02. The number of nitrogens with one attached hydrogen (secondary N) is 1. The van der Waals surface area contributed by atoms with E-state index in [-0.39, 0.29) is 23.3 Å². The number of aromatic nitrogens is 2. The molecule has 1 fully saturated rings. The van der Waals surface area contributed by atoms with Crippen molar-refractivity contribution in [3.05, 3.63) is 77.9 Å². The van der Waals surface area contributed by atoms with Crippen LogP contribution >= 0.6 is 0 Å². The second kappa shape index (κ2) is 9.26. The van der Waals surface area contributed by atoms with Crippen molar-refractivity contribution in [3.8, 4) is 5.69 Å². The Bertz CT molecular complexity index is 1180. The molecule has 0 radical (unpaired) electrons. The van der Waals surface area contributed by atoms with Gasteiger partial charge in [-0.15, -0.1) is 0 Å². The molecule has 3 aromatic rings. The number of hydrogen-bond acceptors (Lipinski definition) is 4. The molecule has 0 saturated carbocycles. The van der Waals surface area contributed by atoms with E-state index in [1.54, 1.807) is 30.5 Å². The molecule has 1 atom stereocenters. The van der Waals surface area contributed by atoms with Crippen LogP contribution in [0.2, 0.25) is 0 Å². The number of sulfonamides is 1. The lowest BCUT2D eigenvalue weighted by Gasteiger charge is -2.31. The van der Waals surface area contributed by atoms with E-state index in [0.29, 0.717) is 25.9 Å². The second-order valence-electron chi connectivity index (χ2n) is 8.24. The highest BCUT2D eigenvalue weighted by atomic mass is 32.2. The van der Waals surface area contributed by atoms with Gasteiger partial charge in [0.25, 0.3) is 0 Å². The van der Waals surface area contributed by atoms with Crippen LogP contribution in [0.1, 0.15) is 29.8 Å². The van der Waals surface area contributed by atoms with E-state index in [0.717, 1.165) is 22.6 Å². The maximum atomic E-state index is 13.0. The summed E-state index contributed by atoms with van der Waals surface area (Å²) in [5.74, 6) is 0.452. The molecule has 1 N–H and O–H groups in total. The van der Waals surface area contributed by atoms with Gasteiger partial charge in [-0.05, 0) is 56.5 Å². The molecule has 32 heavy (non-hydrogen) atoms. The number of amides is 1. The van der Waals surface area contributed by atoms with Crippen molar-refractivity contribution in [3.63, 3.8) is 0 Å². The van der Waals surface area contributed by atoms with Gasteiger partial charge in [0.15, 0.2) is 0 Å². The van der Waals surface area contributed by atoms with Crippen LogP contribution in [0.5, 0.6) is 0 Å². The normalized spacial score (nSPS) is 17.2. The molecule has 0 bridgehead atoms. The lowest BCUT2D eigenvalue weighted by Crippen LogP contribution is -2.45. The number of piperidine rings is 1. The Morgan fingerprint density at radius 3 is 2.47 bits per heavy atom. The number of hydrogen-bond donors (Lipinski definition) is 1. The number of imidazole rings is 1. The molecule has 0 aliphatic carbocycles. The molecule has 4 rings (SSSR count). The Morgan fingerprint density at radius 2 is 1.81 bits per heavy atom. The number of benzene rings is 2. The van der Waals surface area contributed by atoms with Crippen molar-refractivity contribution >= 4 is 15.9 Å². The topological polar surface area (TPSA) is 84.3 Å². The summed E-state index contributed by atoms with van der Waals surface area (Å²) >= 11 is 0. The van der Waals surface area contributed by atoms with Gasteiger partial charge in [-0.25, -0.2) is 13.4 Å². The quantitative estimate of drug-likeness (QED) is 0.622. The third kappa shape index (κ3) is 4.76. The Hall–Kier alpha value is -2.97. The average Bonchev–Trinajstić information content (AvgIpc) is 3.24. The molecule has 1 aromatic heterocycles. The van der Waals surface area contributed by atoms with Gasteiger partial charge < -0.3 is 9.88 Å². The van der Waals surface area contributed by atoms with Gasteiger partial charge in [-0.3, -0.25) is 4.79 Å². The van der Waals surface area contributed by atoms with Gasteiger partial charge in [0.2, 0.25) is 15.9 Å². The zero-order chi connectivity index (χ0) is 22.7. The molecule has 1 amide bonds. The molecule has 1 saturated heterocycles. The van der Waals surface area contributed by atoms with Crippen molar-refractivity contribution in [1.29, 1.82) is 0 Å². The van der Waals surface area contributed by atoms with Gasteiger partial charge >= 0.3 is 0 Å². The number of carbonyl (C=O) groups is 1. The lowest BCUT2D eigenvalue weighted by molar-refractivity contribution is -0.126. The van der Waals surface area contributed by atoms with Crippen LogP contribution in [0.15, 0.2) is 65.8 Å². The van der Waals surface area contributed by atoms with Crippen molar-refractivity contribution in [2.75, 3.05) is 13.1 Å². The molecular weight excluding hydrogens is 424 g/mol. The first-order chi connectivity index (χ1) is 15.3. The molecular formula is C24H28N4O3S. The summed E-state index contributed by atoms with van der Waals surface area (Å²) in [6, 6.07) is 14.8. The number of aryl methyl sites for hydroxylation is 2. The highest BCUT2D eigenvalue weighted by Crippen LogP contribution is 2.24. The Balaban J connectivity index is 1.36. The van der Waals surface area contributed by atoms with E-state index < -0.39 is 10.0 Å². The fourth-order valence-electron chi connectivity index (χ4n) is 3.99. The highest BCUT2D eigenvalue weighted by Gasteiger charge is 2.33. The Kier molecular flexibility index (Phi) is 6.43. The van der Waals surface area contributed by atoms with E-state index >= 15 is 0 Å². The van der Waals surface area contributed by atoms with Crippen LogP contribution in [-0.2, 0) is 21.4 Å². The summed E-state index contributed by atoms with van der Waals surface area (Å²) in [4.78, 5) is 17.3. The molecule has 7 nitrogen and oxygen atoms in total. The fourth-order valence-corrected chi connectivity index (χ4v) is 5.52. The first kappa shape index (κ1) is 22.2. The maximum Gasteiger partial charge on any atom is 0.243 e. The van der Waals surface area contributed by atoms with Gasteiger partial charge in [-0.2, -0.15) is 4.31 Å². The van der Waals surface area contributed by atoms with E-state index in [9.17, 15) is 13.2 Å². The van der Waals surface area contributed by atoms with Crippen molar-refractivity contribution < 1.29 is 13.2 Å². The van der Waals surface area contributed by atoms with Crippen LogP contribution in [0, 0.1) is 19.8 Å². The van der Waals surface area contributed by atoms with E-state index in [2.05, 4.69) is 10.3 Å². The zero-order valence-corrected chi connectivity index (χ0v) is 19.2. The minimum Gasteiger partial charge on any atom is -0.352 e. The molecule has 8 heteroatoms. The van der Waals surface area contributed by atoms with Crippen molar-refractivity contribution in [2.24, 2.45) is 5.92 Å². The molecule has 0 spiro atoms. The largest absolute Gasteiger partial charge is 0.352 e. The first-order valence-electron chi connectivity index (χ1n) is 10.8. The molecule has 1 aliphatic heterocycles. The number of nitrogens with zero attached hydrogens (tertiary/aromatic N) is 3. The summed E-state index contributed by atoms with van der Waals surface area (Å²) in [7, 11) is -3.60. The monoisotopic (exact) mass is 452 g/mol. The fraction of sp³-hybridized carbons (Fsp3) is 0.333. The summed E-state index contributed by atoms with van der Waals surface area (Å²) in [5, 5.41) is 2.97. The van der Waals surface area contributed by atoms with Crippen molar-refractivity contribution in [1.82, 2.24) is 19.2 Å². The van der Waals surface area contributed by atoms with Gasteiger partial charge in [-0.1, -0.05) is 29.8 Å². The molecule has 0 unspecified atom stereocenters. The summed E-state index contributed by atoms with van der Waals surface area (Å²) in [5.41, 5.74) is 3.01. The lowest BCUT2D eigenvalue weighted by atomic mass is 9.99. The van der Waals surface area contributed by atoms with Crippen LogP contribution in [-0.4, -0.2) is 41.3 Å². The highest BCUT2D eigenvalue weighted by molar-refractivity contribution is 7.89. The summed E-state index contributed by atoms with van der Waals surface area (Å²) < 4.78 is 29.4. The molecule has 2 heterocycles. The van der Waals surface area contributed by atoms with E-state index in [1.807, 2.05) is 48.9 Å². The van der Waals surface area contributed by atoms with Crippen LogP contribution in [0.25, 0.3) is 5.69 Å². The van der Waals surface area contributed by atoms with E-state index in [1.165, 1.54) is 4.31 Å². The molecule has 1 aliphatic rings. The maximum absolute atomic E-state index is 13.0. The second-order valence-corrected chi connectivity index (χ2v) is 10.2. The molecule has 168 valence electrons. The van der Waals surface area contributed by atoms with Crippen LogP contribution in [0.4, 0.5) is 0 Å². The van der Waals surface area contributed by atoms with Gasteiger partial charge in [0.05, 0.1) is 10.8 Å². The average molecular weight is 453 g/mol. The predicted molar refractivity (Wildman–Crippen MR) is 123 cm³/mol. The third-order valence-corrected chi connectivity index (χ3v) is 7.80. The predicted octanol–water partition coefficient (Wildman–Crippen LogP) is 3.21. The Labute approximate surface area is 189 Å². The van der Waals surface area contributed by atoms with Crippen LogP contribution in [0.3, 0.4) is 0 Å². The minimum atomic E-state index is -3.60. The SMILES string of the molecule is Cc1ccc(S(=O)(=O)N2CCC[C@@H](C(=O)NCc3ccc(-n4ccnc4C)cc3)C2)cc1. The number of carbonyl (C=O) groups excluding carboxylic acids is 1. The third-order valence-electron chi connectivity index (χ3n) is 5.92. The molecule has 2 aromatic carbocycles. The summed E-state index contributed by atoms with van der Waals surface area (Å²) in [6.45, 7) is 4.92. The minimum absolute atomic E-state index is 0.108. The Morgan fingerprint density at radius 1 is 1.09 bits per heavy atom. The smallest absolute Gasteiger partial charge is 0.243 e. The zero-order valence-electron chi connectivity index (χ0n) is 18.4. The van der Waals surface area contributed by atoms with Crippen LogP contribution < -0.4 is 5.32 Å². The van der Waals surface area contributed by atoms with Gasteiger partial charge in [0.1, 0.15) is 5.82 Å². The standard InChI is InChI=1S/C24H28N4O3S/c1-18-5-11-23(12-6-18)32(30,31)27-14-3-4-21(17-27)24(29)26-16-20-7-9-22(10-8-20)28-15-13-25-19(28)2/h5-13,15,21H,3-4,14,16-17H2,1-2H3,(H,26,29)/t21-/m1/s1. The van der Waals surface area contributed by atoms with Crippen molar-refractivity contribution in [2.45, 2.75) is 38.1 Å².